The summed E-state index contributed by atoms with van der Waals surface area (Å²) >= 11 is 6.29. The van der Waals surface area contributed by atoms with Gasteiger partial charge in [0.25, 0.3) is 0 Å². The van der Waals surface area contributed by atoms with Gasteiger partial charge in [0, 0.05) is 60.8 Å². The summed E-state index contributed by atoms with van der Waals surface area (Å²) in [5.41, 5.74) is -0.931. The van der Waals surface area contributed by atoms with Crippen LogP contribution in [0, 0.1) is 36.5 Å². The minimum Gasteiger partial charge on any atom is -1.00 e. The fourth-order valence-corrected chi connectivity index (χ4v) is 0. The Kier molecular flexibility index (Phi) is 601. The minimum atomic E-state index is -2.91. The quantitative estimate of drug-likeness (QED) is 0.0826. The number of carbonyl (C=O) groups is 2. The van der Waals surface area contributed by atoms with E-state index in [2.05, 4.69) is 80.5 Å². The maximum absolute atomic E-state index is 11.3. The van der Waals surface area contributed by atoms with Crippen molar-refractivity contribution in [3.05, 3.63) is 35.7 Å². The standard InChI is InChI=1S/C5H8O.C4H6F2.C4H6.C3H3F3.C3H8O.C3H6O.C3H8.C3H4.2C2H5Br.C2F4.2C2H6O.C2H4O.6CH4.2B.2BrH.3Na.H2O.2H/c1-4-5(2,3)6;1-3(5)4(2)6;1-3-4-2;1-2(4)3(5)6;1-3-4-2;1-2-3-4;2*1-3-2;2*1-2-3;3-1(4)2(5)6;3*1-2-3;;;;;;;;;;;;;;;;/h1,6H,2-3H3;1-2H3;1-2H3;1H3;3H2,1-2H3;3H,2H2,1H3;3H2,1-2H3;1H,2H3;2*2H2,1H3;;2*3H,2H2,1H3;2H,1H3;6*1H4;;;2*1H;;;;1H2;;/q;;;;;;;;;;;;;;;;;;;;;;;;3*+1;;2*-1/p-1/b;4-3+;;;;;;;;;;;;;;;;;;;;;;;;;;;;. The van der Waals surface area contributed by atoms with Gasteiger partial charge in [-0.3, -0.25) is 0 Å². The van der Waals surface area contributed by atoms with Crippen LogP contribution < -0.4 is 88.7 Å². The van der Waals surface area contributed by atoms with Gasteiger partial charge >= 0.3 is 107 Å². The van der Waals surface area contributed by atoms with Crippen molar-refractivity contribution in [3.63, 3.8) is 0 Å². The SMILES string of the molecule is Br.Br.C.C.C.C.C.C.C#CC.C#CC(C)(C)O.C/C(F)=C(/C)F.CC#CC.CC(F)=C(F)F.CC=O.CCBr.CCBr.CCC.CCC=O.CCO.CCO.CCOC.FC(F)=C(F)F.[B].[B].[H-].[H-].[Na+].[Na+].[Na+].[OH-]. The monoisotopic (exact) mass is 1350 g/mol. The van der Waals surface area contributed by atoms with Gasteiger partial charge in [-0.25, -0.2) is 13.2 Å². The van der Waals surface area contributed by atoms with Gasteiger partial charge in [-0.1, -0.05) is 123 Å². The normalized spacial score (nSPS) is 5.94. The van der Waals surface area contributed by atoms with Gasteiger partial charge in [0.05, 0.1) is 0 Å². The Morgan fingerprint density at radius 1 is 0.620 bits per heavy atom. The van der Waals surface area contributed by atoms with Crippen LogP contribution in [-0.4, -0.2) is 93.4 Å². The van der Waals surface area contributed by atoms with Crippen molar-refractivity contribution in [2.45, 2.75) is 181 Å². The first-order valence-corrected chi connectivity index (χ1v) is 19.0. The average Bonchev–Trinajstić information content (AvgIpc) is 3.11. The van der Waals surface area contributed by atoms with Crippen molar-refractivity contribution in [3.8, 4) is 36.5 Å². The van der Waals surface area contributed by atoms with E-state index in [-0.39, 0.29) is 206 Å². The van der Waals surface area contributed by atoms with Crippen LogP contribution in [0.25, 0.3) is 0 Å². The average molecular weight is 1350 g/mol. The van der Waals surface area contributed by atoms with Crippen LogP contribution >= 0.6 is 65.8 Å². The summed E-state index contributed by atoms with van der Waals surface area (Å²) in [7, 11) is 1.68. The van der Waals surface area contributed by atoms with Crippen molar-refractivity contribution in [2.24, 2.45) is 0 Å². The molecule has 0 saturated carbocycles. The van der Waals surface area contributed by atoms with Crippen molar-refractivity contribution >= 4 is 95.2 Å². The van der Waals surface area contributed by atoms with E-state index in [1.807, 2.05) is 41.5 Å². The molecule has 0 spiro atoms. The van der Waals surface area contributed by atoms with E-state index in [9.17, 15) is 44.3 Å². The van der Waals surface area contributed by atoms with E-state index in [0.29, 0.717) is 13.3 Å². The number of hydrogen-bond acceptors (Lipinski definition) is 7. The van der Waals surface area contributed by atoms with Crippen LogP contribution in [0.5, 0.6) is 0 Å². The van der Waals surface area contributed by atoms with Crippen LogP contribution in [0.4, 0.5) is 39.5 Å². The number of aliphatic hydroxyl groups excluding tert-OH is 2. The molecular formula is C46H104B2Br4F9Na3O7. The van der Waals surface area contributed by atoms with Crippen molar-refractivity contribution in [1.29, 1.82) is 0 Å². The van der Waals surface area contributed by atoms with Crippen molar-refractivity contribution < 1.29 is 166 Å². The van der Waals surface area contributed by atoms with Gasteiger partial charge in [0.2, 0.25) is 0 Å². The number of aliphatic hydroxyl groups is 3. The third kappa shape index (κ3) is 910. The first-order chi connectivity index (χ1) is 26.1. The maximum Gasteiger partial charge on any atom is 1.00 e. The predicted octanol–water partition coefficient (Wildman–Crippen LogP) is 9.25. The maximum atomic E-state index is 11.3. The van der Waals surface area contributed by atoms with Gasteiger partial charge in [-0.05, 0) is 83.1 Å². The predicted molar refractivity (Wildman–Crippen MR) is 310 cm³/mol. The van der Waals surface area contributed by atoms with Crippen LogP contribution in [0.15, 0.2) is 35.7 Å². The molecule has 4 N–H and O–H groups in total. The van der Waals surface area contributed by atoms with Crippen LogP contribution in [-0.2, 0) is 14.3 Å². The van der Waals surface area contributed by atoms with Gasteiger partial charge in [0.15, 0.2) is 5.83 Å². The molecule has 0 unspecified atom stereocenters. The molecule has 0 aliphatic carbocycles. The summed E-state index contributed by atoms with van der Waals surface area (Å²) in [6, 6.07) is 0. The number of aldehydes is 2. The number of ether oxygens (including phenoxy) is 1. The van der Waals surface area contributed by atoms with Gasteiger partial charge in [-0.15, -0.1) is 64.6 Å². The summed E-state index contributed by atoms with van der Waals surface area (Å²) in [6.07, 6.45) is 4.86. The largest absolute Gasteiger partial charge is 1.00 e. The zero-order valence-corrected chi connectivity index (χ0v) is 55.5. The minimum absolute atomic E-state index is 0. The Morgan fingerprint density at radius 2 is 0.718 bits per heavy atom. The summed E-state index contributed by atoms with van der Waals surface area (Å²) in [5.74, 6) is 6.88. The molecule has 0 aromatic rings. The molecule has 0 heterocycles. The topological polar surface area (TPSA) is 134 Å². The fraction of sp³-hybridized carbons (Fsp3) is 0.696. The Bertz CT molecular complexity index is 855. The molecule has 0 fully saturated rings. The number of rotatable bonds is 2. The van der Waals surface area contributed by atoms with Crippen LogP contribution in [0.3, 0.4) is 0 Å². The first kappa shape index (κ1) is 187. The second-order valence-corrected chi connectivity index (χ2v) is 10.4. The molecule has 0 atom stereocenters. The van der Waals surface area contributed by atoms with Crippen molar-refractivity contribution in [1.82, 2.24) is 0 Å². The fourth-order valence-electron chi connectivity index (χ4n) is 0. The zero-order chi connectivity index (χ0) is 49.9. The molecular weight excluding hydrogens is 1250 g/mol. The van der Waals surface area contributed by atoms with Gasteiger partial charge in [-0.2, -0.15) is 26.3 Å². The molecule has 7 nitrogen and oxygen atoms in total. The molecule has 0 amide bonds. The summed E-state index contributed by atoms with van der Waals surface area (Å²) in [6.45, 7) is 29.5. The third-order valence-electron chi connectivity index (χ3n) is 1.94. The van der Waals surface area contributed by atoms with Crippen LogP contribution in [0.1, 0.15) is 178 Å². The smallest absolute Gasteiger partial charge is 1.00 e. The van der Waals surface area contributed by atoms with E-state index < -0.39 is 41.3 Å². The Balaban J connectivity index is -0.00000000966. The molecule has 0 aliphatic rings. The summed E-state index contributed by atoms with van der Waals surface area (Å²) in [5, 5.41) is 25.9. The molecule has 6 radical (unpaired) electrons. The van der Waals surface area contributed by atoms with E-state index in [1.54, 1.807) is 41.7 Å². The zero-order valence-electron chi connectivity index (χ0n) is 44.9. The molecule has 0 rings (SSSR count). The molecule has 0 saturated heterocycles. The number of hydrogen-bond donors (Lipinski definition) is 3. The summed E-state index contributed by atoms with van der Waals surface area (Å²) < 4.78 is 101. The second-order valence-electron chi connectivity index (χ2n) is 8.14. The number of methoxy groups -OCH3 is 1. The van der Waals surface area contributed by atoms with Crippen LogP contribution in [0.2, 0.25) is 0 Å². The third-order valence-corrected chi connectivity index (χ3v) is 1.94. The number of terminal acetylenes is 2. The van der Waals surface area contributed by atoms with Gasteiger partial charge < -0.3 is 38.0 Å². The Hall–Kier alpha value is 1.46. The van der Waals surface area contributed by atoms with E-state index in [0.717, 1.165) is 43.7 Å². The number of carbonyl (C=O) groups excluding carboxylic acids is 2. The Labute approximate surface area is 546 Å². The van der Waals surface area contributed by atoms with E-state index in [1.165, 1.54) is 13.3 Å². The van der Waals surface area contributed by atoms with E-state index in [4.69, 9.17) is 26.5 Å². The molecule has 0 aliphatic heterocycles. The molecule has 0 bridgehead atoms. The number of allylic oxidation sites excluding steroid dienone is 3. The molecule has 430 valence electrons. The number of alkyl halides is 2. The summed E-state index contributed by atoms with van der Waals surface area (Å²) in [4.78, 5) is 18.0. The molecule has 0 aromatic carbocycles. The van der Waals surface area contributed by atoms with E-state index >= 15 is 0 Å². The number of halogens is 13. The molecule has 71 heavy (non-hydrogen) atoms. The second kappa shape index (κ2) is 228. The Morgan fingerprint density at radius 3 is 0.718 bits per heavy atom. The molecule has 0 aromatic heterocycles. The molecule has 25 heteroatoms. The van der Waals surface area contributed by atoms with Crippen molar-refractivity contribution in [2.75, 3.05) is 37.6 Å². The first-order valence-electron chi connectivity index (χ1n) is 16.7. The van der Waals surface area contributed by atoms with Gasteiger partial charge in [0.1, 0.15) is 29.8 Å².